The van der Waals surface area contributed by atoms with Gasteiger partial charge in [0.2, 0.25) is 5.95 Å². The molecule has 0 atom stereocenters. The second-order valence-corrected chi connectivity index (χ2v) is 9.51. The van der Waals surface area contributed by atoms with E-state index in [2.05, 4.69) is 43.6 Å². The van der Waals surface area contributed by atoms with Crippen LogP contribution in [0.5, 0.6) is 0 Å². The molecule has 0 aliphatic carbocycles. The van der Waals surface area contributed by atoms with Crippen LogP contribution in [0.3, 0.4) is 0 Å². The fourth-order valence-electron chi connectivity index (χ4n) is 4.28. The lowest BCUT2D eigenvalue weighted by molar-refractivity contribution is 0.0980. The van der Waals surface area contributed by atoms with Gasteiger partial charge in [-0.2, -0.15) is 11.3 Å². The van der Waals surface area contributed by atoms with Crippen LogP contribution in [0.2, 0.25) is 0 Å². The van der Waals surface area contributed by atoms with Gasteiger partial charge in [0.05, 0.1) is 0 Å². The van der Waals surface area contributed by atoms with Crippen molar-refractivity contribution >= 4 is 28.6 Å². The van der Waals surface area contributed by atoms with Gasteiger partial charge in [-0.15, -0.1) is 11.3 Å². The largest absolute Gasteiger partial charge is 0.341 e. The Hall–Kier alpha value is -1.87. The highest BCUT2D eigenvalue weighted by atomic mass is 32.1. The van der Waals surface area contributed by atoms with Crippen molar-refractivity contribution < 1.29 is 0 Å². The molecule has 2 fully saturated rings. The van der Waals surface area contributed by atoms with Gasteiger partial charge in [0, 0.05) is 68.6 Å². The summed E-state index contributed by atoms with van der Waals surface area (Å²) < 4.78 is 0. The minimum absolute atomic E-state index is 0.698. The molecule has 0 spiro atoms. The number of thiophene rings is 1. The molecule has 5 heterocycles. The fraction of sp³-hybridized carbons (Fsp3) is 0.476. The Morgan fingerprint density at radius 1 is 1.00 bits per heavy atom. The lowest BCUT2D eigenvalue weighted by Gasteiger charge is -2.42. The summed E-state index contributed by atoms with van der Waals surface area (Å²) in [5, 5.41) is 7.22. The molecule has 3 aromatic heterocycles. The van der Waals surface area contributed by atoms with Gasteiger partial charge in [-0.1, -0.05) is 0 Å². The minimum Gasteiger partial charge on any atom is -0.341 e. The Bertz CT molecular complexity index is 911. The molecule has 0 radical (unpaired) electrons. The van der Waals surface area contributed by atoms with E-state index in [1.54, 1.807) is 22.7 Å². The predicted octanol–water partition coefficient (Wildman–Crippen LogP) is 3.54. The number of hydrogen-bond acceptors (Lipinski definition) is 8. The van der Waals surface area contributed by atoms with Crippen LogP contribution in [0.1, 0.15) is 12.8 Å². The molecular formula is C21H26N6S2. The number of piperazine rings is 1. The number of rotatable bonds is 4. The Balaban J connectivity index is 1.34. The molecule has 0 N–H and O–H groups in total. The summed E-state index contributed by atoms with van der Waals surface area (Å²) in [5.41, 5.74) is 3.18. The van der Waals surface area contributed by atoms with Crippen molar-refractivity contribution in [1.82, 2.24) is 24.8 Å². The normalized spacial score (nSPS) is 19.7. The fourth-order valence-corrected chi connectivity index (χ4v) is 5.57. The summed E-state index contributed by atoms with van der Waals surface area (Å²) in [4.78, 5) is 21.7. The minimum atomic E-state index is 0.698. The van der Waals surface area contributed by atoms with Crippen LogP contribution < -0.4 is 4.90 Å². The van der Waals surface area contributed by atoms with Crippen LogP contribution in [0, 0.1) is 0 Å². The molecule has 29 heavy (non-hydrogen) atoms. The van der Waals surface area contributed by atoms with Crippen molar-refractivity contribution in [2.45, 2.75) is 18.9 Å². The average molecular weight is 427 g/mol. The number of thiazole rings is 1. The molecule has 6 nitrogen and oxygen atoms in total. The zero-order chi connectivity index (χ0) is 19.6. The summed E-state index contributed by atoms with van der Waals surface area (Å²) in [6, 6.07) is 2.82. The van der Waals surface area contributed by atoms with Crippen molar-refractivity contribution in [3.8, 4) is 21.8 Å². The first-order valence-electron chi connectivity index (χ1n) is 10.2. The first kappa shape index (κ1) is 19.1. The topological polar surface area (TPSA) is 48.4 Å². The zero-order valence-corrected chi connectivity index (χ0v) is 18.3. The van der Waals surface area contributed by atoms with E-state index in [4.69, 9.17) is 9.97 Å². The first-order valence-corrected chi connectivity index (χ1v) is 12.1. The van der Waals surface area contributed by atoms with Crippen molar-refractivity contribution in [3.05, 3.63) is 34.6 Å². The third-order valence-corrected chi connectivity index (χ3v) is 7.51. The van der Waals surface area contributed by atoms with Crippen LogP contribution in [0.15, 0.2) is 34.6 Å². The summed E-state index contributed by atoms with van der Waals surface area (Å²) in [6.07, 6.45) is 6.20. The third-order valence-electron chi connectivity index (χ3n) is 6.04. The molecule has 0 aromatic carbocycles. The van der Waals surface area contributed by atoms with Gasteiger partial charge in [-0.05, 0) is 42.3 Å². The molecule has 2 saturated heterocycles. The van der Waals surface area contributed by atoms with Gasteiger partial charge >= 0.3 is 0 Å². The Kier molecular flexibility index (Phi) is 5.59. The van der Waals surface area contributed by atoms with Crippen LogP contribution >= 0.6 is 22.7 Å². The first-order chi connectivity index (χ1) is 14.3. The molecule has 0 bridgehead atoms. The number of anilines is 1. The van der Waals surface area contributed by atoms with E-state index >= 15 is 0 Å². The second kappa shape index (κ2) is 8.47. The SMILES string of the molecule is CN1CCN(C2CCN(c3ncc(-c4ccsc4)c(-c4nccs4)n3)CC2)CC1. The number of nitrogens with zero attached hydrogens (tertiary/aromatic N) is 6. The Morgan fingerprint density at radius 2 is 1.83 bits per heavy atom. The van der Waals surface area contributed by atoms with Gasteiger partial charge < -0.3 is 9.80 Å². The smallest absolute Gasteiger partial charge is 0.225 e. The van der Waals surface area contributed by atoms with Crippen LogP contribution in [-0.2, 0) is 0 Å². The number of likely N-dealkylation sites (N-methyl/N-ethyl adjacent to an activating group) is 1. The van der Waals surface area contributed by atoms with E-state index in [1.807, 2.05) is 17.8 Å². The molecule has 8 heteroatoms. The van der Waals surface area contributed by atoms with Crippen molar-refractivity contribution in [2.75, 3.05) is 51.2 Å². The van der Waals surface area contributed by atoms with Gasteiger partial charge in [-0.25, -0.2) is 15.0 Å². The van der Waals surface area contributed by atoms with Gasteiger partial charge in [0.1, 0.15) is 10.7 Å². The highest BCUT2D eigenvalue weighted by molar-refractivity contribution is 7.13. The summed E-state index contributed by atoms with van der Waals surface area (Å²) in [5.74, 6) is 0.839. The van der Waals surface area contributed by atoms with Crippen molar-refractivity contribution in [2.24, 2.45) is 0 Å². The molecule has 0 saturated carbocycles. The van der Waals surface area contributed by atoms with E-state index in [0.29, 0.717) is 6.04 Å². The summed E-state index contributed by atoms with van der Waals surface area (Å²) in [7, 11) is 2.22. The third kappa shape index (κ3) is 4.07. The molecule has 5 rings (SSSR count). The molecule has 152 valence electrons. The lowest BCUT2D eigenvalue weighted by atomic mass is 10.0. The van der Waals surface area contributed by atoms with Crippen LogP contribution in [0.4, 0.5) is 5.95 Å². The second-order valence-electron chi connectivity index (χ2n) is 7.84. The van der Waals surface area contributed by atoms with E-state index < -0.39 is 0 Å². The number of hydrogen-bond donors (Lipinski definition) is 0. The van der Waals surface area contributed by atoms with Crippen LogP contribution in [0.25, 0.3) is 21.8 Å². The maximum Gasteiger partial charge on any atom is 0.225 e. The average Bonchev–Trinajstić information content (AvgIpc) is 3.48. The predicted molar refractivity (Wildman–Crippen MR) is 121 cm³/mol. The highest BCUT2D eigenvalue weighted by Gasteiger charge is 2.28. The van der Waals surface area contributed by atoms with E-state index in [-0.39, 0.29) is 0 Å². The van der Waals surface area contributed by atoms with Gasteiger partial charge in [0.25, 0.3) is 0 Å². The highest BCUT2D eigenvalue weighted by Crippen LogP contribution is 2.34. The standard InChI is InChI=1S/C21H26N6S2/c1-25-8-10-26(11-9-25)17-2-6-27(7-3-17)21-23-14-18(16-4-12-28-15-16)19(24-21)20-22-5-13-29-20/h4-5,12-15,17H,2-3,6-11H2,1H3. The lowest BCUT2D eigenvalue weighted by Crippen LogP contribution is -2.52. The van der Waals surface area contributed by atoms with E-state index in [0.717, 1.165) is 35.3 Å². The van der Waals surface area contributed by atoms with Crippen LogP contribution in [-0.4, -0.2) is 77.1 Å². The van der Waals surface area contributed by atoms with E-state index in [1.165, 1.54) is 44.6 Å². The molecule has 2 aliphatic rings. The zero-order valence-electron chi connectivity index (χ0n) is 16.7. The summed E-state index contributed by atoms with van der Waals surface area (Å²) >= 11 is 3.33. The Labute approximate surface area is 179 Å². The molecule has 0 unspecified atom stereocenters. The number of aromatic nitrogens is 3. The van der Waals surface area contributed by atoms with Gasteiger partial charge in [0.15, 0.2) is 0 Å². The molecule has 0 amide bonds. The quantitative estimate of drug-likeness (QED) is 0.636. The van der Waals surface area contributed by atoms with Crippen molar-refractivity contribution in [3.63, 3.8) is 0 Å². The Morgan fingerprint density at radius 3 is 2.52 bits per heavy atom. The molecule has 3 aromatic rings. The number of piperidine rings is 1. The summed E-state index contributed by atoms with van der Waals surface area (Å²) in [6.45, 7) is 6.80. The van der Waals surface area contributed by atoms with Crippen molar-refractivity contribution in [1.29, 1.82) is 0 Å². The monoisotopic (exact) mass is 426 g/mol. The molecular weight excluding hydrogens is 400 g/mol. The van der Waals surface area contributed by atoms with E-state index in [9.17, 15) is 0 Å². The van der Waals surface area contributed by atoms with Gasteiger partial charge in [-0.3, -0.25) is 4.90 Å². The maximum atomic E-state index is 4.99. The maximum absolute atomic E-state index is 4.99. The molecule has 2 aliphatic heterocycles.